The topological polar surface area (TPSA) is 54.3 Å². The number of hydrogen-bond donors (Lipinski definition) is 1. The summed E-state index contributed by atoms with van der Waals surface area (Å²) < 4.78 is 14.9. The molecule has 0 bridgehead atoms. The first-order valence-corrected chi connectivity index (χ1v) is 10.3. The van der Waals surface area contributed by atoms with Gasteiger partial charge in [-0.2, -0.15) is 0 Å². The molecule has 1 N–H and O–H groups in total. The second-order valence-electron chi connectivity index (χ2n) is 7.88. The molecule has 0 radical (unpaired) electrons. The predicted octanol–water partition coefficient (Wildman–Crippen LogP) is 5.41. The number of urea groups is 1. The van der Waals surface area contributed by atoms with Gasteiger partial charge in [-0.05, 0) is 61.0 Å². The monoisotopic (exact) mass is 409 g/mol. The maximum Gasteiger partial charge on any atom is 0.322 e. The normalized spacial score (nSPS) is 12.2. The van der Waals surface area contributed by atoms with Crippen molar-refractivity contribution in [2.45, 2.75) is 40.3 Å². The number of hydrogen-bond acceptors (Lipinski definition) is 2. The minimum Gasteiger partial charge on any atom is -0.317 e. The lowest BCUT2D eigenvalue weighted by Gasteiger charge is -2.32. The zero-order valence-electron chi connectivity index (χ0n) is 17.9. The van der Waals surface area contributed by atoms with E-state index in [-0.39, 0.29) is 29.4 Å². The molecule has 2 amide bonds. The quantitative estimate of drug-likeness (QED) is 0.592. The van der Waals surface area contributed by atoms with Gasteiger partial charge in [0.15, 0.2) is 0 Å². The van der Waals surface area contributed by atoms with E-state index in [0.717, 1.165) is 10.9 Å². The van der Waals surface area contributed by atoms with Crippen molar-refractivity contribution in [2.75, 3.05) is 11.9 Å². The standard InChI is InChI=1S/C24H28FN3O2/c1-5-27-15-22(20-8-6-7-9-21(20)23(27)29)17(4)28(14-16(2)3)24(30)26-19-12-10-18(25)11-13-19/h6-13,15-17H,5,14H2,1-4H3,(H,26,30). The Morgan fingerprint density at radius 2 is 1.70 bits per heavy atom. The largest absolute Gasteiger partial charge is 0.322 e. The number of halogens is 1. The molecule has 0 saturated carbocycles. The van der Waals surface area contributed by atoms with E-state index >= 15 is 0 Å². The maximum atomic E-state index is 13.2. The van der Waals surface area contributed by atoms with Gasteiger partial charge >= 0.3 is 6.03 Å². The molecule has 1 unspecified atom stereocenters. The van der Waals surface area contributed by atoms with E-state index in [2.05, 4.69) is 19.2 Å². The number of nitrogens with zero attached hydrogens (tertiary/aromatic N) is 2. The molecular weight excluding hydrogens is 381 g/mol. The molecule has 30 heavy (non-hydrogen) atoms. The number of fused-ring (bicyclic) bond motifs is 1. The second kappa shape index (κ2) is 9.11. The average molecular weight is 410 g/mol. The molecule has 0 aliphatic heterocycles. The minimum absolute atomic E-state index is 0.0322. The molecule has 1 aromatic heterocycles. The van der Waals surface area contributed by atoms with E-state index in [1.54, 1.807) is 9.47 Å². The lowest BCUT2D eigenvalue weighted by molar-refractivity contribution is 0.184. The molecule has 5 nitrogen and oxygen atoms in total. The first-order chi connectivity index (χ1) is 14.3. The van der Waals surface area contributed by atoms with Gasteiger partial charge in [0.1, 0.15) is 5.82 Å². The summed E-state index contributed by atoms with van der Waals surface area (Å²) in [7, 11) is 0. The molecular formula is C24H28FN3O2. The highest BCUT2D eigenvalue weighted by Gasteiger charge is 2.25. The Labute approximate surface area is 176 Å². The number of rotatable bonds is 6. The molecule has 1 atom stereocenters. The van der Waals surface area contributed by atoms with Crippen molar-refractivity contribution in [3.05, 3.63) is 76.5 Å². The number of anilines is 1. The Hall–Kier alpha value is -3.15. The van der Waals surface area contributed by atoms with Gasteiger partial charge < -0.3 is 14.8 Å². The molecule has 3 rings (SSSR count). The van der Waals surface area contributed by atoms with Crippen molar-refractivity contribution < 1.29 is 9.18 Å². The smallest absolute Gasteiger partial charge is 0.317 e. The summed E-state index contributed by atoms with van der Waals surface area (Å²) in [6.45, 7) is 9.09. The van der Waals surface area contributed by atoms with E-state index in [1.165, 1.54) is 24.3 Å². The van der Waals surface area contributed by atoms with Crippen molar-refractivity contribution in [2.24, 2.45) is 5.92 Å². The number of benzene rings is 2. The Morgan fingerprint density at radius 1 is 1.07 bits per heavy atom. The van der Waals surface area contributed by atoms with Crippen LogP contribution in [0, 0.1) is 11.7 Å². The molecule has 1 heterocycles. The van der Waals surface area contributed by atoms with Crippen LogP contribution in [0.25, 0.3) is 10.8 Å². The van der Waals surface area contributed by atoms with Crippen molar-refractivity contribution in [1.82, 2.24) is 9.47 Å². The van der Waals surface area contributed by atoms with Crippen LogP contribution in [-0.2, 0) is 6.54 Å². The predicted molar refractivity (Wildman–Crippen MR) is 119 cm³/mol. The Bertz CT molecular complexity index is 1090. The van der Waals surface area contributed by atoms with E-state index in [9.17, 15) is 14.0 Å². The van der Waals surface area contributed by atoms with Gasteiger partial charge in [0.25, 0.3) is 5.56 Å². The SMILES string of the molecule is CCn1cc(C(C)N(CC(C)C)C(=O)Nc2ccc(F)cc2)c2ccccc2c1=O. The minimum atomic E-state index is -0.353. The van der Waals surface area contributed by atoms with Gasteiger partial charge in [0.05, 0.1) is 6.04 Å². The molecule has 0 fully saturated rings. The number of pyridine rings is 1. The van der Waals surface area contributed by atoms with Crippen LogP contribution in [0.3, 0.4) is 0 Å². The Kier molecular flexibility index (Phi) is 6.55. The Morgan fingerprint density at radius 3 is 2.30 bits per heavy atom. The highest BCUT2D eigenvalue weighted by atomic mass is 19.1. The number of aryl methyl sites for hydroxylation is 1. The first kappa shape index (κ1) is 21.6. The lowest BCUT2D eigenvalue weighted by atomic mass is 10.0. The van der Waals surface area contributed by atoms with Crippen LogP contribution in [0.4, 0.5) is 14.9 Å². The zero-order chi connectivity index (χ0) is 21.8. The summed E-state index contributed by atoms with van der Waals surface area (Å²) in [6, 6.07) is 12.7. The third-order valence-electron chi connectivity index (χ3n) is 5.20. The van der Waals surface area contributed by atoms with Gasteiger partial charge in [-0.15, -0.1) is 0 Å². The molecule has 0 spiro atoms. The Balaban J connectivity index is 2.02. The molecule has 158 valence electrons. The molecule has 0 aliphatic carbocycles. The summed E-state index contributed by atoms with van der Waals surface area (Å²) in [5.74, 6) is -0.108. The summed E-state index contributed by atoms with van der Waals surface area (Å²) in [5.41, 5.74) is 1.42. The van der Waals surface area contributed by atoms with E-state index in [4.69, 9.17) is 0 Å². The van der Waals surface area contributed by atoms with Crippen molar-refractivity contribution in [1.29, 1.82) is 0 Å². The molecule has 3 aromatic rings. The highest BCUT2D eigenvalue weighted by molar-refractivity contribution is 5.91. The van der Waals surface area contributed by atoms with Gasteiger partial charge in [-0.25, -0.2) is 9.18 Å². The number of nitrogens with one attached hydrogen (secondary N) is 1. The van der Waals surface area contributed by atoms with Crippen LogP contribution in [-0.4, -0.2) is 22.0 Å². The van der Waals surface area contributed by atoms with E-state index in [0.29, 0.717) is 24.2 Å². The highest BCUT2D eigenvalue weighted by Crippen LogP contribution is 2.28. The van der Waals surface area contributed by atoms with Crippen LogP contribution in [0.1, 0.15) is 39.3 Å². The fourth-order valence-electron chi connectivity index (χ4n) is 3.65. The number of carbonyl (C=O) groups is 1. The fourth-order valence-corrected chi connectivity index (χ4v) is 3.65. The van der Waals surface area contributed by atoms with Gasteiger partial charge in [0.2, 0.25) is 0 Å². The number of carbonyl (C=O) groups excluding carboxylic acids is 1. The molecule has 2 aromatic carbocycles. The fraction of sp³-hybridized carbons (Fsp3) is 0.333. The summed E-state index contributed by atoms with van der Waals surface area (Å²) >= 11 is 0. The van der Waals surface area contributed by atoms with Crippen LogP contribution < -0.4 is 10.9 Å². The lowest BCUT2D eigenvalue weighted by Crippen LogP contribution is -2.40. The van der Waals surface area contributed by atoms with Gasteiger partial charge in [-0.3, -0.25) is 4.79 Å². The molecule has 0 saturated heterocycles. The van der Waals surface area contributed by atoms with Crippen molar-refractivity contribution >= 4 is 22.5 Å². The molecule has 6 heteroatoms. The van der Waals surface area contributed by atoms with E-state index < -0.39 is 0 Å². The second-order valence-corrected chi connectivity index (χ2v) is 7.88. The molecule has 0 aliphatic rings. The maximum absolute atomic E-state index is 13.2. The van der Waals surface area contributed by atoms with E-state index in [1.807, 2.05) is 44.3 Å². The van der Waals surface area contributed by atoms with Crippen LogP contribution in [0.5, 0.6) is 0 Å². The van der Waals surface area contributed by atoms with Crippen LogP contribution in [0.15, 0.2) is 59.5 Å². The zero-order valence-corrected chi connectivity index (χ0v) is 17.9. The third kappa shape index (κ3) is 4.53. The first-order valence-electron chi connectivity index (χ1n) is 10.3. The van der Waals surface area contributed by atoms with Crippen LogP contribution in [0.2, 0.25) is 0 Å². The summed E-state index contributed by atoms with van der Waals surface area (Å²) in [6.07, 6.45) is 1.85. The van der Waals surface area contributed by atoms with Crippen molar-refractivity contribution in [3.8, 4) is 0 Å². The van der Waals surface area contributed by atoms with Crippen LogP contribution >= 0.6 is 0 Å². The van der Waals surface area contributed by atoms with Gasteiger partial charge in [0, 0.05) is 30.4 Å². The number of aromatic nitrogens is 1. The summed E-state index contributed by atoms with van der Waals surface area (Å²) in [5, 5.41) is 4.36. The van der Waals surface area contributed by atoms with Gasteiger partial charge in [-0.1, -0.05) is 32.0 Å². The average Bonchev–Trinajstić information content (AvgIpc) is 2.73. The van der Waals surface area contributed by atoms with Crippen molar-refractivity contribution in [3.63, 3.8) is 0 Å². The summed E-state index contributed by atoms with van der Waals surface area (Å²) in [4.78, 5) is 27.6. The third-order valence-corrected chi connectivity index (χ3v) is 5.20. The number of amides is 2.